The van der Waals surface area contributed by atoms with E-state index in [1.807, 2.05) is 19.9 Å². The highest BCUT2D eigenvalue weighted by Gasteiger charge is 2.21. The Morgan fingerprint density at radius 3 is 2.47 bits per heavy atom. The fraction of sp³-hybridized carbons (Fsp3) is 0.219. The monoisotopic (exact) mass is 663 g/mol. The molecule has 45 heavy (non-hydrogen) atoms. The topological polar surface area (TPSA) is 132 Å². The van der Waals surface area contributed by atoms with Crippen LogP contribution in [0, 0.1) is 0 Å². The molecule has 0 saturated carbocycles. The molecule has 1 atom stereocenters. The van der Waals surface area contributed by atoms with E-state index in [-0.39, 0.29) is 11.6 Å². The molecular formula is C32H33N5O5S3. The van der Waals surface area contributed by atoms with Crippen molar-refractivity contribution in [2.24, 2.45) is 0 Å². The van der Waals surface area contributed by atoms with Crippen LogP contribution in [-0.2, 0) is 9.59 Å². The lowest BCUT2D eigenvalue weighted by Gasteiger charge is -2.15. The van der Waals surface area contributed by atoms with Crippen LogP contribution >= 0.6 is 35.1 Å². The van der Waals surface area contributed by atoms with Crippen molar-refractivity contribution in [3.8, 4) is 11.5 Å². The first-order chi connectivity index (χ1) is 21.8. The molecule has 1 aromatic heterocycles. The van der Waals surface area contributed by atoms with Crippen molar-refractivity contribution in [1.29, 1.82) is 0 Å². The maximum absolute atomic E-state index is 13.6. The first kappa shape index (κ1) is 33.6. The van der Waals surface area contributed by atoms with E-state index in [2.05, 4.69) is 25.3 Å². The summed E-state index contributed by atoms with van der Waals surface area (Å²) in [5, 5.41) is 9.18. The molecular weight excluding hydrogens is 631 g/mol. The highest BCUT2D eigenvalue weighted by Crippen LogP contribution is 2.30. The number of thioether (sulfide) groups is 2. The first-order valence-corrected chi connectivity index (χ1v) is 16.6. The number of nitrogens with zero attached hydrogens (tertiary/aromatic N) is 2. The fourth-order valence-electron chi connectivity index (χ4n) is 4.00. The zero-order valence-electron chi connectivity index (χ0n) is 25.2. The number of carbonyl (C=O) groups excluding carboxylic acids is 3. The molecule has 0 aliphatic carbocycles. The van der Waals surface area contributed by atoms with Gasteiger partial charge in [0.25, 0.3) is 11.8 Å². The number of rotatable bonds is 14. The molecule has 4 rings (SSSR count). The van der Waals surface area contributed by atoms with Gasteiger partial charge in [-0.25, -0.2) is 0 Å². The Morgan fingerprint density at radius 2 is 1.76 bits per heavy atom. The van der Waals surface area contributed by atoms with Gasteiger partial charge in [-0.3, -0.25) is 19.7 Å². The van der Waals surface area contributed by atoms with Crippen molar-refractivity contribution in [3.05, 3.63) is 89.6 Å². The number of anilines is 2. The molecule has 1 unspecified atom stereocenters. The molecule has 0 radical (unpaired) electrons. The molecule has 0 aliphatic rings. The van der Waals surface area contributed by atoms with Gasteiger partial charge in [-0.05, 0) is 60.7 Å². The summed E-state index contributed by atoms with van der Waals surface area (Å²) in [4.78, 5) is 44.8. The number of ether oxygens (including phenoxy) is 2. The summed E-state index contributed by atoms with van der Waals surface area (Å²) in [6.07, 6.45) is 2.12. The summed E-state index contributed by atoms with van der Waals surface area (Å²) >= 11 is 4.04. The molecule has 3 amide bonds. The number of methoxy groups -OCH3 is 2. The molecule has 4 aromatic rings. The van der Waals surface area contributed by atoms with Crippen LogP contribution in [0.25, 0.3) is 6.08 Å². The van der Waals surface area contributed by atoms with E-state index in [1.165, 1.54) is 30.6 Å². The largest absolute Gasteiger partial charge is 0.497 e. The number of aromatic nitrogens is 2. The predicted molar refractivity (Wildman–Crippen MR) is 181 cm³/mol. The molecule has 3 aromatic carbocycles. The van der Waals surface area contributed by atoms with E-state index in [4.69, 9.17) is 9.47 Å². The number of benzene rings is 3. The van der Waals surface area contributed by atoms with E-state index >= 15 is 0 Å². The number of nitrogens with one attached hydrogen (secondary N) is 3. The Morgan fingerprint density at radius 1 is 0.956 bits per heavy atom. The van der Waals surface area contributed by atoms with Crippen LogP contribution in [0.4, 0.5) is 10.8 Å². The number of amides is 3. The average molecular weight is 664 g/mol. The van der Waals surface area contributed by atoms with Crippen LogP contribution in [0.5, 0.6) is 11.5 Å². The quantitative estimate of drug-likeness (QED) is 0.101. The Bertz CT molecular complexity index is 1660. The van der Waals surface area contributed by atoms with Gasteiger partial charge in [0.15, 0.2) is 0 Å². The van der Waals surface area contributed by atoms with E-state index in [9.17, 15) is 14.4 Å². The zero-order valence-corrected chi connectivity index (χ0v) is 27.6. The zero-order chi connectivity index (χ0) is 32.2. The van der Waals surface area contributed by atoms with Gasteiger partial charge in [-0.2, -0.15) is 9.36 Å². The van der Waals surface area contributed by atoms with Gasteiger partial charge < -0.3 is 20.1 Å². The van der Waals surface area contributed by atoms with Crippen molar-refractivity contribution in [3.63, 3.8) is 0 Å². The van der Waals surface area contributed by atoms with Crippen molar-refractivity contribution in [2.45, 2.75) is 35.6 Å². The van der Waals surface area contributed by atoms with Gasteiger partial charge in [0.2, 0.25) is 16.2 Å². The highest BCUT2D eigenvalue weighted by atomic mass is 32.2. The van der Waals surface area contributed by atoms with Gasteiger partial charge >= 0.3 is 0 Å². The van der Waals surface area contributed by atoms with Crippen molar-refractivity contribution in [2.75, 3.05) is 30.6 Å². The smallest absolute Gasteiger partial charge is 0.272 e. The van der Waals surface area contributed by atoms with Crippen LogP contribution in [-0.4, -0.2) is 52.3 Å². The van der Waals surface area contributed by atoms with Gasteiger partial charge in [-0.1, -0.05) is 49.9 Å². The predicted octanol–water partition coefficient (Wildman–Crippen LogP) is 6.59. The SMILES string of the molecule is CCSc1nsc(NC(=O)C(CC)Sc2cccc(NC(=O)/C(=C\c3ccc(OC)cc3OC)NC(=O)c3ccccc3)c2)n1. The van der Waals surface area contributed by atoms with E-state index < -0.39 is 17.1 Å². The lowest BCUT2D eigenvalue weighted by atomic mass is 10.1. The number of carbonyl (C=O) groups is 3. The maximum atomic E-state index is 13.6. The van der Waals surface area contributed by atoms with Gasteiger partial charge in [0.1, 0.15) is 17.2 Å². The second-order valence-electron chi connectivity index (χ2n) is 9.29. The van der Waals surface area contributed by atoms with E-state index in [0.717, 1.165) is 22.2 Å². The molecule has 234 valence electrons. The van der Waals surface area contributed by atoms with Crippen LogP contribution in [0.3, 0.4) is 0 Å². The fourth-order valence-corrected chi connectivity index (χ4v) is 6.29. The molecule has 3 N–H and O–H groups in total. The minimum atomic E-state index is -0.541. The van der Waals surface area contributed by atoms with Crippen molar-refractivity contribution >= 4 is 69.7 Å². The number of hydrogen-bond acceptors (Lipinski definition) is 10. The summed E-state index contributed by atoms with van der Waals surface area (Å²) in [6.45, 7) is 3.95. The summed E-state index contributed by atoms with van der Waals surface area (Å²) in [5.74, 6) is 0.729. The van der Waals surface area contributed by atoms with Crippen molar-refractivity contribution < 1.29 is 23.9 Å². The Hall–Kier alpha value is -4.33. The van der Waals surface area contributed by atoms with E-state index in [1.54, 1.807) is 79.9 Å². The third-order valence-electron chi connectivity index (χ3n) is 6.21. The Kier molecular flexibility index (Phi) is 12.4. The minimum Gasteiger partial charge on any atom is -0.497 e. The number of hydrogen-bond donors (Lipinski definition) is 3. The molecule has 0 bridgehead atoms. The Balaban J connectivity index is 1.53. The summed E-state index contributed by atoms with van der Waals surface area (Å²) in [5.41, 5.74) is 1.46. The summed E-state index contributed by atoms with van der Waals surface area (Å²) in [6, 6.07) is 21.0. The van der Waals surface area contributed by atoms with Gasteiger partial charge in [0, 0.05) is 39.3 Å². The molecule has 13 heteroatoms. The van der Waals surface area contributed by atoms with Gasteiger partial charge in [-0.15, -0.1) is 11.8 Å². The molecule has 0 saturated heterocycles. The van der Waals surface area contributed by atoms with Crippen LogP contribution in [0.15, 0.2) is 88.5 Å². The normalized spacial score (nSPS) is 11.8. The lowest BCUT2D eigenvalue weighted by Crippen LogP contribution is -2.30. The summed E-state index contributed by atoms with van der Waals surface area (Å²) in [7, 11) is 3.06. The molecule has 0 aliphatic heterocycles. The third kappa shape index (κ3) is 9.58. The standard InChI is InChI=1S/C32H33N5O5S3/c1-5-27(30(40)35-31-36-32(37-45-31)43-6-2)44-24-14-10-13-22(18-24)33-29(39)25(34-28(38)20-11-8-7-9-12-20)17-21-15-16-23(41-3)19-26(21)42-4/h7-19,27H,5-6H2,1-4H3,(H,33,39)(H,34,38)(H,35,36,37,40)/b25-17+. The molecule has 10 nitrogen and oxygen atoms in total. The highest BCUT2D eigenvalue weighted by molar-refractivity contribution is 8.00. The molecule has 1 heterocycles. The lowest BCUT2D eigenvalue weighted by molar-refractivity contribution is -0.116. The minimum absolute atomic E-state index is 0.00820. The maximum Gasteiger partial charge on any atom is 0.272 e. The third-order valence-corrected chi connectivity index (χ3v) is 9.05. The summed E-state index contributed by atoms with van der Waals surface area (Å²) < 4.78 is 15.0. The molecule has 0 spiro atoms. The van der Waals surface area contributed by atoms with Crippen LogP contribution in [0.2, 0.25) is 0 Å². The van der Waals surface area contributed by atoms with Crippen molar-refractivity contribution in [1.82, 2.24) is 14.7 Å². The second kappa shape index (κ2) is 16.7. The Labute approximate surface area is 274 Å². The van der Waals surface area contributed by atoms with Crippen LogP contribution in [0.1, 0.15) is 36.2 Å². The molecule has 0 fully saturated rings. The van der Waals surface area contributed by atoms with Gasteiger partial charge in [0.05, 0.1) is 19.5 Å². The van der Waals surface area contributed by atoms with E-state index in [0.29, 0.717) is 45.0 Å². The average Bonchev–Trinajstić information content (AvgIpc) is 3.50. The van der Waals surface area contributed by atoms with Crippen LogP contribution < -0.4 is 25.4 Å². The second-order valence-corrected chi connectivity index (χ2v) is 12.5. The first-order valence-electron chi connectivity index (χ1n) is 14.0.